The fourth-order valence-corrected chi connectivity index (χ4v) is 5.16. The summed E-state index contributed by atoms with van der Waals surface area (Å²) in [6.45, 7) is 11.4. The van der Waals surface area contributed by atoms with E-state index in [1.54, 1.807) is 4.90 Å². The van der Waals surface area contributed by atoms with Crippen LogP contribution >= 0.6 is 0 Å². The normalized spacial score (nSPS) is 29.1. The lowest BCUT2D eigenvalue weighted by molar-refractivity contribution is -0.0833. The summed E-state index contributed by atoms with van der Waals surface area (Å²) in [6.07, 6.45) is 6.17. The molecule has 2 fully saturated rings. The van der Waals surface area contributed by atoms with Crippen molar-refractivity contribution >= 4 is 16.2 Å². The van der Waals surface area contributed by atoms with Gasteiger partial charge in [-0.3, -0.25) is 9.08 Å². The molecule has 1 heterocycles. The zero-order chi connectivity index (χ0) is 21.4. The average molecular weight is 420 g/mol. The summed E-state index contributed by atoms with van der Waals surface area (Å²) in [4.78, 5) is 15.0. The second-order valence-corrected chi connectivity index (χ2v) is 11.4. The maximum Gasteiger partial charge on any atom is 0.413 e. The zero-order valence-electron chi connectivity index (χ0n) is 18.4. The molecule has 0 unspecified atom stereocenters. The number of amides is 1. The molecule has 2 atom stereocenters. The SMILES string of the molecule is CC(C)(C)OC(=O)N1C(C)(C)O[C@@H](CCOS(C)(=O)=O)[C@]1(C)C1CCCCC1. The quantitative estimate of drug-likeness (QED) is 0.625. The van der Waals surface area contributed by atoms with Gasteiger partial charge in [-0.1, -0.05) is 19.3 Å². The zero-order valence-corrected chi connectivity index (χ0v) is 19.2. The second-order valence-electron chi connectivity index (χ2n) is 9.74. The standard InChI is InChI=1S/C20H37NO6S/c1-18(2,3)27-17(22)21-19(4,5)26-16(13-14-25-28(7,23)24)20(21,6)15-11-9-8-10-12-15/h15-16H,8-14H2,1-7H3/t16-,20-/m0/s1. The first-order valence-electron chi connectivity index (χ1n) is 10.2. The summed E-state index contributed by atoms with van der Waals surface area (Å²) in [5.41, 5.74) is -2.06. The minimum atomic E-state index is -3.52. The van der Waals surface area contributed by atoms with Crippen LogP contribution in [0.25, 0.3) is 0 Å². The van der Waals surface area contributed by atoms with E-state index < -0.39 is 33.1 Å². The number of ether oxygens (including phenoxy) is 2. The van der Waals surface area contributed by atoms with Gasteiger partial charge in [0.1, 0.15) is 11.3 Å². The molecule has 0 aromatic heterocycles. The van der Waals surface area contributed by atoms with Crippen LogP contribution in [-0.2, 0) is 23.8 Å². The Morgan fingerprint density at radius 1 is 1.14 bits per heavy atom. The number of hydrogen-bond donors (Lipinski definition) is 0. The molecule has 0 bridgehead atoms. The smallest absolute Gasteiger partial charge is 0.413 e. The lowest BCUT2D eigenvalue weighted by Gasteiger charge is -2.47. The fraction of sp³-hybridized carbons (Fsp3) is 0.950. The van der Waals surface area contributed by atoms with Gasteiger partial charge in [-0.05, 0) is 60.3 Å². The van der Waals surface area contributed by atoms with Crippen molar-refractivity contribution in [2.45, 2.75) is 103 Å². The van der Waals surface area contributed by atoms with E-state index in [-0.39, 0.29) is 18.6 Å². The maximum atomic E-state index is 13.2. The summed E-state index contributed by atoms with van der Waals surface area (Å²) < 4.78 is 39.8. The van der Waals surface area contributed by atoms with Crippen LogP contribution in [0.2, 0.25) is 0 Å². The lowest BCUT2D eigenvalue weighted by Crippen LogP contribution is -2.60. The maximum absolute atomic E-state index is 13.2. The molecule has 1 aliphatic carbocycles. The number of nitrogens with zero attached hydrogens (tertiary/aromatic N) is 1. The highest BCUT2D eigenvalue weighted by Gasteiger charge is 2.61. The van der Waals surface area contributed by atoms with Crippen LogP contribution in [-0.4, -0.2) is 55.2 Å². The molecule has 1 aliphatic heterocycles. The summed E-state index contributed by atoms with van der Waals surface area (Å²) in [6, 6.07) is 0. The van der Waals surface area contributed by atoms with Gasteiger partial charge in [0.25, 0.3) is 10.1 Å². The van der Waals surface area contributed by atoms with Gasteiger partial charge in [0.05, 0.1) is 24.5 Å². The van der Waals surface area contributed by atoms with Crippen LogP contribution in [0, 0.1) is 5.92 Å². The highest BCUT2D eigenvalue weighted by atomic mass is 32.2. The van der Waals surface area contributed by atoms with E-state index in [1.807, 2.05) is 34.6 Å². The van der Waals surface area contributed by atoms with Crippen molar-refractivity contribution in [3.63, 3.8) is 0 Å². The average Bonchev–Trinajstić information content (AvgIpc) is 2.72. The number of hydrogen-bond acceptors (Lipinski definition) is 6. The molecular formula is C20H37NO6S. The highest BCUT2D eigenvalue weighted by molar-refractivity contribution is 7.85. The Hall–Kier alpha value is -0.860. The van der Waals surface area contributed by atoms with E-state index in [0.717, 1.165) is 31.9 Å². The third kappa shape index (κ3) is 5.39. The molecule has 0 spiro atoms. The van der Waals surface area contributed by atoms with Gasteiger partial charge >= 0.3 is 6.09 Å². The Balaban J connectivity index is 2.35. The molecule has 1 amide bonds. The predicted molar refractivity (Wildman–Crippen MR) is 107 cm³/mol. The van der Waals surface area contributed by atoms with Crippen LogP contribution in [0.4, 0.5) is 4.79 Å². The molecule has 2 aliphatic rings. The van der Waals surface area contributed by atoms with Crippen LogP contribution in [0.15, 0.2) is 0 Å². The first-order valence-corrected chi connectivity index (χ1v) is 12.0. The van der Waals surface area contributed by atoms with Crippen molar-refractivity contribution in [1.82, 2.24) is 4.90 Å². The van der Waals surface area contributed by atoms with Crippen LogP contribution in [0.3, 0.4) is 0 Å². The van der Waals surface area contributed by atoms with Gasteiger partial charge in [0.2, 0.25) is 0 Å². The van der Waals surface area contributed by atoms with E-state index in [0.29, 0.717) is 6.42 Å². The van der Waals surface area contributed by atoms with Crippen molar-refractivity contribution in [3.8, 4) is 0 Å². The molecule has 28 heavy (non-hydrogen) atoms. The van der Waals surface area contributed by atoms with Gasteiger partial charge in [0.15, 0.2) is 0 Å². The topological polar surface area (TPSA) is 82.1 Å². The monoisotopic (exact) mass is 419 g/mol. The Morgan fingerprint density at radius 3 is 2.21 bits per heavy atom. The number of rotatable bonds is 5. The first kappa shape index (κ1) is 23.4. The molecular weight excluding hydrogens is 382 g/mol. The molecule has 0 aromatic carbocycles. The molecule has 2 rings (SSSR count). The van der Waals surface area contributed by atoms with Crippen LogP contribution in [0.5, 0.6) is 0 Å². The Morgan fingerprint density at radius 2 is 1.71 bits per heavy atom. The van der Waals surface area contributed by atoms with Crippen molar-refractivity contribution in [3.05, 3.63) is 0 Å². The summed E-state index contributed by atoms with van der Waals surface area (Å²) in [5.74, 6) is 0.263. The third-order valence-corrected chi connectivity index (χ3v) is 6.38. The molecule has 0 N–H and O–H groups in total. The van der Waals surface area contributed by atoms with E-state index in [2.05, 4.69) is 6.92 Å². The van der Waals surface area contributed by atoms with Crippen LogP contribution < -0.4 is 0 Å². The van der Waals surface area contributed by atoms with Crippen molar-refractivity contribution in [1.29, 1.82) is 0 Å². The largest absolute Gasteiger partial charge is 0.444 e. The van der Waals surface area contributed by atoms with Gasteiger partial charge in [-0.25, -0.2) is 4.79 Å². The lowest BCUT2D eigenvalue weighted by atomic mass is 9.71. The predicted octanol–water partition coefficient (Wildman–Crippen LogP) is 4.06. The number of carbonyl (C=O) groups is 1. The Bertz CT molecular complexity index is 663. The van der Waals surface area contributed by atoms with E-state index in [4.69, 9.17) is 13.7 Å². The van der Waals surface area contributed by atoms with E-state index in [1.165, 1.54) is 6.42 Å². The van der Waals surface area contributed by atoms with E-state index >= 15 is 0 Å². The molecule has 1 saturated heterocycles. The molecule has 7 nitrogen and oxygen atoms in total. The summed E-state index contributed by atoms with van der Waals surface area (Å²) in [5, 5.41) is 0. The summed E-state index contributed by atoms with van der Waals surface area (Å²) in [7, 11) is -3.52. The van der Waals surface area contributed by atoms with Crippen molar-refractivity contribution in [2.75, 3.05) is 12.9 Å². The molecule has 8 heteroatoms. The minimum Gasteiger partial charge on any atom is -0.444 e. The molecule has 0 radical (unpaired) electrons. The summed E-state index contributed by atoms with van der Waals surface area (Å²) >= 11 is 0. The third-order valence-electron chi connectivity index (χ3n) is 5.79. The Labute approximate surface area is 170 Å². The minimum absolute atomic E-state index is 0.0318. The van der Waals surface area contributed by atoms with Gasteiger partial charge < -0.3 is 9.47 Å². The Kier molecular flexibility index (Phi) is 6.78. The first-order chi connectivity index (χ1) is 12.7. The second kappa shape index (κ2) is 8.11. The molecule has 164 valence electrons. The number of carbonyl (C=O) groups excluding carboxylic acids is 1. The van der Waals surface area contributed by atoms with Crippen LogP contribution in [0.1, 0.15) is 80.1 Å². The van der Waals surface area contributed by atoms with E-state index in [9.17, 15) is 13.2 Å². The van der Waals surface area contributed by atoms with Gasteiger partial charge in [0, 0.05) is 6.42 Å². The molecule has 0 aromatic rings. The van der Waals surface area contributed by atoms with Crippen molar-refractivity contribution < 1.29 is 26.9 Å². The molecule has 1 saturated carbocycles. The van der Waals surface area contributed by atoms with Crippen molar-refractivity contribution in [2.24, 2.45) is 5.92 Å². The van der Waals surface area contributed by atoms with Gasteiger partial charge in [-0.15, -0.1) is 0 Å². The van der Waals surface area contributed by atoms with Gasteiger partial charge in [-0.2, -0.15) is 8.42 Å². The fourth-order valence-electron chi connectivity index (χ4n) is 4.76. The highest BCUT2D eigenvalue weighted by Crippen LogP contribution is 2.50.